The number of fused-ring (bicyclic) bond motifs is 1. The Morgan fingerprint density at radius 2 is 2.00 bits per heavy atom. The second-order valence-electron chi connectivity index (χ2n) is 6.20. The summed E-state index contributed by atoms with van der Waals surface area (Å²) in [6.07, 6.45) is 0. The fraction of sp³-hybridized carbons (Fsp3) is 0.211. The largest absolute Gasteiger partial charge is 0.468 e. The molecule has 0 atom stereocenters. The maximum atomic E-state index is 12.6. The van der Waals surface area contributed by atoms with Gasteiger partial charge in [-0.3, -0.25) is 19.7 Å². The van der Waals surface area contributed by atoms with Crippen LogP contribution in [0.15, 0.2) is 41.4 Å². The molecule has 1 amide bonds. The molecule has 0 aliphatic carbocycles. The van der Waals surface area contributed by atoms with Crippen LogP contribution < -0.4 is 4.80 Å². The van der Waals surface area contributed by atoms with Crippen LogP contribution in [-0.2, 0) is 16.1 Å². The number of hydrogen-bond acceptors (Lipinski definition) is 6. The van der Waals surface area contributed by atoms with Gasteiger partial charge in [0.05, 0.1) is 22.2 Å². The first-order valence-corrected chi connectivity index (χ1v) is 9.12. The van der Waals surface area contributed by atoms with Crippen LogP contribution in [0.3, 0.4) is 0 Å². The minimum Gasteiger partial charge on any atom is -0.468 e. The number of thiazole rings is 1. The van der Waals surface area contributed by atoms with Gasteiger partial charge in [0.1, 0.15) is 6.54 Å². The lowest BCUT2D eigenvalue weighted by molar-refractivity contribution is -0.384. The molecule has 0 aliphatic rings. The molecule has 0 fully saturated rings. The van der Waals surface area contributed by atoms with Crippen LogP contribution in [0, 0.1) is 24.0 Å². The number of amides is 1. The molecule has 28 heavy (non-hydrogen) atoms. The third kappa shape index (κ3) is 3.84. The molecule has 0 saturated carbocycles. The number of nitro benzene ring substituents is 1. The number of carbonyl (C=O) groups excluding carboxylic acids is 2. The van der Waals surface area contributed by atoms with E-state index in [0.717, 1.165) is 21.3 Å². The number of esters is 1. The summed E-state index contributed by atoms with van der Waals surface area (Å²) in [6.45, 7) is 3.79. The number of hydrogen-bond donors (Lipinski definition) is 0. The molecule has 1 aromatic heterocycles. The predicted octanol–water partition coefficient (Wildman–Crippen LogP) is 3.14. The van der Waals surface area contributed by atoms with Gasteiger partial charge in [-0.25, -0.2) is 0 Å². The molecule has 1 heterocycles. The summed E-state index contributed by atoms with van der Waals surface area (Å²) in [5, 5.41) is 10.9. The van der Waals surface area contributed by atoms with Gasteiger partial charge in [0.25, 0.3) is 11.6 Å². The van der Waals surface area contributed by atoms with Gasteiger partial charge in [-0.15, -0.1) is 0 Å². The minimum absolute atomic E-state index is 0.0968. The lowest BCUT2D eigenvalue weighted by Gasteiger charge is -2.05. The van der Waals surface area contributed by atoms with Crippen molar-refractivity contribution in [2.45, 2.75) is 20.4 Å². The molecule has 144 valence electrons. The Labute approximate surface area is 163 Å². The monoisotopic (exact) mass is 399 g/mol. The summed E-state index contributed by atoms with van der Waals surface area (Å²) < 4.78 is 7.29. The highest BCUT2D eigenvalue weighted by Crippen LogP contribution is 2.23. The van der Waals surface area contributed by atoms with Crippen LogP contribution in [0.5, 0.6) is 0 Å². The summed E-state index contributed by atoms with van der Waals surface area (Å²) in [7, 11) is 1.29. The number of methoxy groups -OCH3 is 1. The molecule has 0 saturated heterocycles. The van der Waals surface area contributed by atoms with Crippen molar-refractivity contribution in [1.82, 2.24) is 4.57 Å². The predicted molar refractivity (Wildman–Crippen MR) is 104 cm³/mol. The van der Waals surface area contributed by atoms with E-state index in [9.17, 15) is 19.7 Å². The van der Waals surface area contributed by atoms with Gasteiger partial charge in [-0.05, 0) is 37.1 Å². The molecule has 3 rings (SSSR count). The zero-order chi connectivity index (χ0) is 20.4. The number of aromatic nitrogens is 1. The summed E-state index contributed by atoms with van der Waals surface area (Å²) >= 11 is 1.28. The Bertz CT molecular complexity index is 1180. The zero-order valence-electron chi connectivity index (χ0n) is 15.5. The number of aryl methyl sites for hydroxylation is 2. The highest BCUT2D eigenvalue weighted by atomic mass is 32.1. The van der Waals surface area contributed by atoms with Crippen molar-refractivity contribution in [2.75, 3.05) is 7.11 Å². The minimum atomic E-state index is -0.622. The van der Waals surface area contributed by atoms with E-state index in [2.05, 4.69) is 4.99 Å². The van der Waals surface area contributed by atoms with Crippen LogP contribution >= 0.6 is 11.3 Å². The third-order valence-electron chi connectivity index (χ3n) is 4.13. The molecule has 9 heteroatoms. The molecular weight excluding hydrogens is 382 g/mol. The van der Waals surface area contributed by atoms with Crippen molar-refractivity contribution in [1.29, 1.82) is 0 Å². The lowest BCUT2D eigenvalue weighted by atomic mass is 10.1. The molecule has 8 nitrogen and oxygen atoms in total. The van der Waals surface area contributed by atoms with E-state index < -0.39 is 16.8 Å². The average molecular weight is 399 g/mol. The molecule has 0 unspecified atom stereocenters. The third-order valence-corrected chi connectivity index (χ3v) is 5.36. The highest BCUT2D eigenvalue weighted by molar-refractivity contribution is 7.16. The number of benzene rings is 2. The number of carbonyl (C=O) groups is 2. The Morgan fingerprint density at radius 1 is 1.25 bits per heavy atom. The van der Waals surface area contributed by atoms with Crippen molar-refractivity contribution in [3.8, 4) is 0 Å². The molecule has 0 spiro atoms. The molecule has 0 aliphatic heterocycles. The van der Waals surface area contributed by atoms with E-state index >= 15 is 0 Å². The van der Waals surface area contributed by atoms with Gasteiger partial charge in [0, 0.05) is 17.7 Å². The van der Waals surface area contributed by atoms with E-state index in [1.807, 2.05) is 26.0 Å². The Morgan fingerprint density at radius 3 is 2.68 bits per heavy atom. The van der Waals surface area contributed by atoms with E-state index in [0.29, 0.717) is 4.80 Å². The lowest BCUT2D eigenvalue weighted by Crippen LogP contribution is -2.22. The molecule has 3 aromatic rings. The van der Waals surface area contributed by atoms with Crippen molar-refractivity contribution in [3.63, 3.8) is 0 Å². The summed E-state index contributed by atoms with van der Waals surface area (Å²) in [5.74, 6) is -1.09. The highest BCUT2D eigenvalue weighted by Gasteiger charge is 2.15. The van der Waals surface area contributed by atoms with Crippen LogP contribution in [0.2, 0.25) is 0 Å². The van der Waals surface area contributed by atoms with Crippen molar-refractivity contribution in [2.24, 2.45) is 4.99 Å². The SMILES string of the molecule is COC(=O)Cn1c(=NC(=O)c2cccc([N+](=O)[O-])c2)sc2c(C)cc(C)cc21. The first-order chi connectivity index (χ1) is 13.3. The van der Waals surface area contributed by atoms with Crippen LogP contribution in [0.4, 0.5) is 5.69 Å². The Hall–Kier alpha value is -3.33. The number of ether oxygens (including phenoxy) is 1. The van der Waals surface area contributed by atoms with Crippen molar-refractivity contribution in [3.05, 3.63) is 68.0 Å². The van der Waals surface area contributed by atoms with E-state index in [4.69, 9.17) is 4.74 Å². The number of non-ortho nitro benzene ring substituents is 1. The quantitative estimate of drug-likeness (QED) is 0.381. The second-order valence-corrected chi connectivity index (χ2v) is 7.18. The Balaban J connectivity index is 2.18. The molecular formula is C19H17N3O5S. The van der Waals surface area contributed by atoms with Gasteiger partial charge in [-0.1, -0.05) is 23.5 Å². The maximum Gasteiger partial charge on any atom is 0.325 e. The van der Waals surface area contributed by atoms with Crippen LogP contribution in [-0.4, -0.2) is 28.5 Å². The van der Waals surface area contributed by atoms with Gasteiger partial charge in [0.15, 0.2) is 4.80 Å². The van der Waals surface area contributed by atoms with Crippen LogP contribution in [0.1, 0.15) is 21.5 Å². The van der Waals surface area contributed by atoms with E-state index in [-0.39, 0.29) is 17.8 Å². The first kappa shape index (κ1) is 19.4. The molecule has 0 N–H and O–H groups in total. The fourth-order valence-corrected chi connectivity index (χ4v) is 3.93. The van der Waals surface area contributed by atoms with Gasteiger partial charge < -0.3 is 9.30 Å². The van der Waals surface area contributed by atoms with Gasteiger partial charge >= 0.3 is 5.97 Å². The summed E-state index contributed by atoms with van der Waals surface area (Å²) in [5.41, 5.74) is 2.70. The summed E-state index contributed by atoms with van der Waals surface area (Å²) in [6, 6.07) is 9.30. The maximum absolute atomic E-state index is 12.6. The van der Waals surface area contributed by atoms with Gasteiger partial charge in [0.2, 0.25) is 0 Å². The van der Waals surface area contributed by atoms with Crippen LogP contribution in [0.25, 0.3) is 10.2 Å². The zero-order valence-corrected chi connectivity index (χ0v) is 16.3. The fourth-order valence-electron chi connectivity index (χ4n) is 2.85. The first-order valence-electron chi connectivity index (χ1n) is 8.31. The van der Waals surface area contributed by atoms with E-state index in [1.165, 1.54) is 42.7 Å². The molecule has 0 radical (unpaired) electrons. The number of rotatable bonds is 4. The molecule has 0 bridgehead atoms. The standard InChI is InChI=1S/C19H17N3O5S/c1-11-7-12(2)17-15(8-11)21(10-16(23)27-3)19(28-17)20-18(24)13-5-4-6-14(9-13)22(25)26/h4-9H,10H2,1-3H3. The van der Waals surface area contributed by atoms with E-state index in [1.54, 1.807) is 4.57 Å². The Kier molecular flexibility index (Phi) is 5.36. The van der Waals surface area contributed by atoms with Crippen molar-refractivity contribution < 1.29 is 19.2 Å². The number of nitro groups is 1. The molecule has 2 aromatic carbocycles. The topological polar surface area (TPSA) is 104 Å². The van der Waals surface area contributed by atoms with Gasteiger partial charge in [-0.2, -0.15) is 4.99 Å². The second kappa shape index (κ2) is 7.73. The van der Waals surface area contributed by atoms with Crippen molar-refractivity contribution >= 4 is 39.1 Å². The number of nitrogens with zero attached hydrogens (tertiary/aromatic N) is 3. The smallest absolute Gasteiger partial charge is 0.325 e. The normalized spacial score (nSPS) is 11.6. The average Bonchev–Trinajstić information content (AvgIpc) is 2.99. The summed E-state index contributed by atoms with van der Waals surface area (Å²) in [4.78, 5) is 39.3.